The number of aryl methyl sites for hydroxylation is 1. The van der Waals surface area contributed by atoms with Gasteiger partial charge in [0.25, 0.3) is 0 Å². The van der Waals surface area contributed by atoms with E-state index in [2.05, 4.69) is 30.1 Å². The number of benzene rings is 3. The van der Waals surface area contributed by atoms with Crippen LogP contribution in [0.1, 0.15) is 28.3 Å². The molecule has 178 valence electrons. The number of halogens is 1. The van der Waals surface area contributed by atoms with Crippen molar-refractivity contribution in [2.24, 2.45) is 0 Å². The third kappa shape index (κ3) is 4.94. The lowest BCUT2D eigenvalue weighted by Gasteiger charge is -2.39. The van der Waals surface area contributed by atoms with Crippen molar-refractivity contribution in [2.45, 2.75) is 26.3 Å². The number of thiocarbonyl (C=S) groups is 1. The summed E-state index contributed by atoms with van der Waals surface area (Å²) in [6, 6.07) is 16.0. The third-order valence-corrected chi connectivity index (χ3v) is 6.67. The number of ether oxygens (including phenoxy) is 3. The largest absolute Gasteiger partial charge is 0.493 e. The Hall–Kier alpha value is -3.32. The van der Waals surface area contributed by atoms with Crippen LogP contribution >= 0.6 is 12.2 Å². The minimum absolute atomic E-state index is 0.168. The number of methoxy groups -OCH3 is 2. The van der Waals surface area contributed by atoms with Gasteiger partial charge in [-0.1, -0.05) is 12.1 Å². The van der Waals surface area contributed by atoms with E-state index in [0.29, 0.717) is 29.0 Å². The Labute approximate surface area is 205 Å². The van der Waals surface area contributed by atoms with Crippen molar-refractivity contribution >= 4 is 23.0 Å². The maximum absolute atomic E-state index is 13.4. The molecule has 34 heavy (non-hydrogen) atoms. The molecule has 0 aliphatic carbocycles. The monoisotopic (exact) mass is 480 g/mol. The average Bonchev–Trinajstić information content (AvgIpc) is 2.85. The topological polar surface area (TPSA) is 43.0 Å². The van der Waals surface area contributed by atoms with Crippen LogP contribution in [0, 0.1) is 19.7 Å². The SMILES string of the molecule is COc1cc2c(cc1OC)[C@H](COc1ccc(F)cc1)N(C(=S)Nc1cccc(C)c1C)CC2. The predicted octanol–water partition coefficient (Wildman–Crippen LogP) is 5.83. The quantitative estimate of drug-likeness (QED) is 0.448. The van der Waals surface area contributed by atoms with Crippen molar-refractivity contribution in [3.63, 3.8) is 0 Å². The fourth-order valence-corrected chi connectivity index (χ4v) is 4.56. The molecule has 1 N–H and O–H groups in total. The molecule has 0 saturated carbocycles. The summed E-state index contributed by atoms with van der Waals surface area (Å²) < 4.78 is 30.5. The lowest BCUT2D eigenvalue weighted by molar-refractivity contribution is 0.190. The van der Waals surface area contributed by atoms with Gasteiger partial charge >= 0.3 is 0 Å². The molecule has 3 aromatic rings. The summed E-state index contributed by atoms with van der Waals surface area (Å²) in [5, 5.41) is 4.06. The summed E-state index contributed by atoms with van der Waals surface area (Å²) in [4.78, 5) is 2.15. The van der Waals surface area contributed by atoms with E-state index in [1.54, 1.807) is 26.4 Å². The summed E-state index contributed by atoms with van der Waals surface area (Å²) in [5.74, 6) is 1.65. The Morgan fingerprint density at radius 2 is 1.76 bits per heavy atom. The first-order valence-corrected chi connectivity index (χ1v) is 11.6. The van der Waals surface area contributed by atoms with Crippen molar-refractivity contribution in [3.05, 3.63) is 82.7 Å². The first-order chi connectivity index (χ1) is 16.4. The van der Waals surface area contributed by atoms with Crippen LogP contribution in [0.25, 0.3) is 0 Å². The minimum atomic E-state index is -0.298. The molecule has 1 heterocycles. The normalized spacial score (nSPS) is 14.9. The molecule has 0 saturated heterocycles. The molecule has 7 heteroatoms. The Bertz CT molecular complexity index is 1180. The number of anilines is 1. The van der Waals surface area contributed by atoms with E-state index in [1.807, 2.05) is 24.3 Å². The van der Waals surface area contributed by atoms with Crippen molar-refractivity contribution < 1.29 is 18.6 Å². The van der Waals surface area contributed by atoms with Crippen LogP contribution in [-0.4, -0.2) is 37.4 Å². The zero-order valence-corrected chi connectivity index (χ0v) is 20.7. The number of fused-ring (bicyclic) bond motifs is 1. The van der Waals surface area contributed by atoms with E-state index in [0.717, 1.165) is 35.3 Å². The molecule has 0 unspecified atom stereocenters. The van der Waals surface area contributed by atoms with E-state index >= 15 is 0 Å². The second kappa shape index (κ2) is 10.3. The second-order valence-electron chi connectivity index (χ2n) is 8.31. The van der Waals surface area contributed by atoms with Crippen molar-refractivity contribution in [1.29, 1.82) is 0 Å². The van der Waals surface area contributed by atoms with Crippen LogP contribution in [-0.2, 0) is 6.42 Å². The molecular weight excluding hydrogens is 451 g/mol. The van der Waals surface area contributed by atoms with Gasteiger partial charge in [0, 0.05) is 12.2 Å². The number of nitrogens with zero attached hydrogens (tertiary/aromatic N) is 1. The zero-order valence-electron chi connectivity index (χ0n) is 19.9. The highest BCUT2D eigenvalue weighted by Crippen LogP contribution is 2.39. The summed E-state index contributed by atoms with van der Waals surface area (Å²) >= 11 is 5.88. The van der Waals surface area contributed by atoms with Gasteiger partial charge in [0.05, 0.1) is 20.3 Å². The molecule has 0 amide bonds. The van der Waals surface area contributed by atoms with E-state index in [1.165, 1.54) is 17.7 Å². The summed E-state index contributed by atoms with van der Waals surface area (Å²) in [6.45, 7) is 5.22. The fraction of sp³-hybridized carbons (Fsp3) is 0.296. The van der Waals surface area contributed by atoms with E-state index < -0.39 is 0 Å². The Kier molecular flexibility index (Phi) is 7.22. The maximum Gasteiger partial charge on any atom is 0.174 e. The van der Waals surface area contributed by atoms with Crippen LogP contribution in [0.2, 0.25) is 0 Å². The molecule has 5 nitrogen and oxygen atoms in total. The first-order valence-electron chi connectivity index (χ1n) is 11.2. The van der Waals surface area contributed by atoms with E-state index in [9.17, 15) is 4.39 Å². The van der Waals surface area contributed by atoms with Crippen LogP contribution in [0.15, 0.2) is 54.6 Å². The van der Waals surface area contributed by atoms with E-state index in [4.69, 9.17) is 26.4 Å². The zero-order chi connectivity index (χ0) is 24.2. The van der Waals surface area contributed by atoms with Crippen LogP contribution in [0.5, 0.6) is 17.2 Å². The predicted molar refractivity (Wildman–Crippen MR) is 137 cm³/mol. The van der Waals surface area contributed by atoms with Crippen LogP contribution in [0.4, 0.5) is 10.1 Å². The number of rotatable bonds is 6. The van der Waals surface area contributed by atoms with Crippen molar-refractivity contribution in [2.75, 3.05) is 32.7 Å². The van der Waals surface area contributed by atoms with Gasteiger partial charge in [-0.2, -0.15) is 0 Å². The highest BCUT2D eigenvalue weighted by atomic mass is 32.1. The Morgan fingerprint density at radius 3 is 2.47 bits per heavy atom. The molecule has 0 radical (unpaired) electrons. The smallest absolute Gasteiger partial charge is 0.174 e. The fourth-order valence-electron chi connectivity index (χ4n) is 4.23. The Balaban J connectivity index is 1.66. The van der Waals surface area contributed by atoms with Gasteiger partial charge in [-0.15, -0.1) is 0 Å². The van der Waals surface area contributed by atoms with Crippen LogP contribution < -0.4 is 19.5 Å². The van der Waals surface area contributed by atoms with Gasteiger partial charge in [0.15, 0.2) is 16.6 Å². The van der Waals surface area contributed by atoms with Crippen molar-refractivity contribution in [3.8, 4) is 17.2 Å². The van der Waals surface area contributed by atoms with Gasteiger partial charge in [-0.05, 0) is 97.2 Å². The molecular formula is C27H29FN2O3S. The molecule has 0 fully saturated rings. The van der Waals surface area contributed by atoms with Gasteiger partial charge in [-0.3, -0.25) is 0 Å². The van der Waals surface area contributed by atoms with Crippen LogP contribution in [0.3, 0.4) is 0 Å². The Morgan fingerprint density at radius 1 is 1.06 bits per heavy atom. The number of nitrogens with one attached hydrogen (secondary N) is 1. The van der Waals surface area contributed by atoms with Crippen molar-refractivity contribution in [1.82, 2.24) is 4.90 Å². The van der Waals surface area contributed by atoms with E-state index in [-0.39, 0.29) is 11.9 Å². The standard InChI is InChI=1S/C27H29FN2O3S/c1-17-6-5-7-23(18(17)2)29-27(34)30-13-12-19-14-25(31-3)26(32-4)15-22(19)24(30)16-33-21-10-8-20(28)9-11-21/h5-11,14-15,24H,12-13,16H2,1-4H3,(H,29,34)/t24-/m0/s1. The molecule has 3 aromatic carbocycles. The second-order valence-corrected chi connectivity index (χ2v) is 8.69. The molecule has 0 spiro atoms. The lowest BCUT2D eigenvalue weighted by Crippen LogP contribution is -2.44. The highest BCUT2D eigenvalue weighted by Gasteiger charge is 2.31. The third-order valence-electron chi connectivity index (χ3n) is 6.33. The van der Waals surface area contributed by atoms with Gasteiger partial charge in [0.1, 0.15) is 18.2 Å². The molecule has 1 atom stereocenters. The molecule has 1 aliphatic heterocycles. The average molecular weight is 481 g/mol. The summed E-state index contributed by atoms with van der Waals surface area (Å²) in [7, 11) is 3.26. The molecule has 4 rings (SSSR count). The highest BCUT2D eigenvalue weighted by molar-refractivity contribution is 7.80. The summed E-state index contributed by atoms with van der Waals surface area (Å²) in [5.41, 5.74) is 5.58. The first kappa shape index (κ1) is 23.8. The molecule has 0 bridgehead atoms. The summed E-state index contributed by atoms with van der Waals surface area (Å²) in [6.07, 6.45) is 0.803. The number of hydrogen-bond acceptors (Lipinski definition) is 4. The molecule has 0 aromatic heterocycles. The lowest BCUT2D eigenvalue weighted by atomic mass is 9.92. The van der Waals surface area contributed by atoms with Gasteiger partial charge < -0.3 is 24.4 Å². The van der Waals surface area contributed by atoms with Gasteiger partial charge in [0.2, 0.25) is 0 Å². The molecule has 1 aliphatic rings. The minimum Gasteiger partial charge on any atom is -0.493 e. The maximum atomic E-state index is 13.4. The number of hydrogen-bond donors (Lipinski definition) is 1. The van der Waals surface area contributed by atoms with Gasteiger partial charge in [-0.25, -0.2) is 4.39 Å².